The Morgan fingerprint density at radius 3 is 2.67 bits per heavy atom. The van der Waals surface area contributed by atoms with Crippen LogP contribution in [-0.4, -0.2) is 42.6 Å². The molecule has 0 radical (unpaired) electrons. The highest BCUT2D eigenvalue weighted by atomic mass is 32.2. The molecule has 1 aromatic carbocycles. The van der Waals surface area contributed by atoms with Gasteiger partial charge in [0.05, 0.1) is 5.75 Å². The topological polar surface area (TPSA) is 82.3 Å². The lowest BCUT2D eigenvalue weighted by Gasteiger charge is -2.31. The van der Waals surface area contributed by atoms with Crippen molar-refractivity contribution in [1.29, 1.82) is 0 Å². The normalized spacial score (nSPS) is 17.4. The monoisotopic (exact) mass is 349 g/mol. The summed E-state index contributed by atoms with van der Waals surface area (Å²) in [6.07, 6.45) is 1.54. The molecular formula is C17H23N3O3S. The van der Waals surface area contributed by atoms with Crippen molar-refractivity contribution in [2.24, 2.45) is 0 Å². The summed E-state index contributed by atoms with van der Waals surface area (Å²) < 4.78 is 25.3. The zero-order valence-electron chi connectivity index (χ0n) is 13.8. The number of hydrogen-bond donors (Lipinski definition) is 2. The van der Waals surface area contributed by atoms with Gasteiger partial charge in [-0.1, -0.05) is 18.2 Å². The Morgan fingerprint density at radius 1 is 1.25 bits per heavy atom. The molecule has 3 rings (SSSR count). The molecule has 1 aromatic heterocycles. The van der Waals surface area contributed by atoms with Crippen molar-refractivity contribution in [1.82, 2.24) is 14.6 Å². The second-order valence-electron chi connectivity index (χ2n) is 6.17. The van der Waals surface area contributed by atoms with Gasteiger partial charge >= 0.3 is 0 Å². The molecule has 1 aliphatic rings. The van der Waals surface area contributed by atoms with Crippen molar-refractivity contribution < 1.29 is 8.42 Å². The number of aromatic nitrogens is 1. The van der Waals surface area contributed by atoms with E-state index in [1.54, 1.807) is 11.2 Å². The van der Waals surface area contributed by atoms with Crippen LogP contribution < -0.4 is 10.9 Å². The smallest absolute Gasteiger partial charge is 0.252 e. The Hall–Kier alpha value is -1.70. The molecule has 130 valence electrons. The summed E-state index contributed by atoms with van der Waals surface area (Å²) in [4.78, 5) is 15.0. The quantitative estimate of drug-likeness (QED) is 0.856. The fourth-order valence-electron chi connectivity index (χ4n) is 3.10. The molecule has 0 aliphatic carbocycles. The van der Waals surface area contributed by atoms with E-state index in [1.165, 1.54) is 0 Å². The van der Waals surface area contributed by atoms with E-state index in [2.05, 4.69) is 10.3 Å². The predicted octanol–water partition coefficient (Wildman–Crippen LogP) is 1.43. The van der Waals surface area contributed by atoms with Crippen molar-refractivity contribution in [3.63, 3.8) is 0 Å². The molecule has 2 aromatic rings. The van der Waals surface area contributed by atoms with Crippen LogP contribution in [0.3, 0.4) is 0 Å². The molecule has 0 saturated carbocycles. The third-order valence-electron chi connectivity index (χ3n) is 4.62. The first-order valence-electron chi connectivity index (χ1n) is 8.32. The summed E-state index contributed by atoms with van der Waals surface area (Å²) in [6.45, 7) is 3.25. The highest BCUT2D eigenvalue weighted by molar-refractivity contribution is 7.89. The maximum absolute atomic E-state index is 12.1. The van der Waals surface area contributed by atoms with E-state index in [0.717, 1.165) is 23.7 Å². The average Bonchev–Trinajstić information content (AvgIpc) is 2.60. The zero-order valence-corrected chi connectivity index (χ0v) is 14.6. The van der Waals surface area contributed by atoms with E-state index in [1.807, 2.05) is 30.3 Å². The minimum absolute atomic E-state index is 0.0767. The van der Waals surface area contributed by atoms with Gasteiger partial charge < -0.3 is 10.3 Å². The standard InChI is InChI=1S/C17H23N3O3S/c1-2-24(22,23)20-9-7-15(8-10-20)18-12-14-11-13-5-3-4-6-16(13)19-17(14)21/h3-6,11,15,18H,2,7-10,12H2,1H3,(H,19,21). The molecule has 1 fully saturated rings. The Balaban J connectivity index is 1.61. The summed E-state index contributed by atoms with van der Waals surface area (Å²) in [5, 5.41) is 4.40. The van der Waals surface area contributed by atoms with Crippen LogP contribution in [0.1, 0.15) is 25.3 Å². The minimum Gasteiger partial charge on any atom is -0.322 e. The van der Waals surface area contributed by atoms with Crippen molar-refractivity contribution >= 4 is 20.9 Å². The van der Waals surface area contributed by atoms with Crippen LogP contribution in [0, 0.1) is 0 Å². The molecular weight excluding hydrogens is 326 g/mol. The van der Waals surface area contributed by atoms with Crippen molar-refractivity contribution in [3.05, 3.63) is 46.2 Å². The van der Waals surface area contributed by atoms with Crippen molar-refractivity contribution in [2.45, 2.75) is 32.4 Å². The van der Waals surface area contributed by atoms with Gasteiger partial charge in [0.2, 0.25) is 10.0 Å². The van der Waals surface area contributed by atoms with Gasteiger partial charge in [-0.05, 0) is 37.3 Å². The van der Waals surface area contributed by atoms with E-state index in [4.69, 9.17) is 0 Å². The number of piperidine rings is 1. The number of rotatable bonds is 5. The van der Waals surface area contributed by atoms with E-state index in [0.29, 0.717) is 25.2 Å². The number of nitrogens with zero attached hydrogens (tertiary/aromatic N) is 1. The molecule has 2 heterocycles. The Bertz CT molecular complexity index is 868. The number of benzene rings is 1. The Morgan fingerprint density at radius 2 is 1.96 bits per heavy atom. The second-order valence-corrected chi connectivity index (χ2v) is 8.42. The van der Waals surface area contributed by atoms with E-state index in [-0.39, 0.29) is 17.4 Å². The molecule has 0 atom stereocenters. The van der Waals surface area contributed by atoms with Crippen LogP contribution in [0.25, 0.3) is 10.9 Å². The lowest BCUT2D eigenvalue weighted by atomic mass is 10.1. The van der Waals surface area contributed by atoms with E-state index < -0.39 is 10.0 Å². The van der Waals surface area contributed by atoms with Crippen LogP contribution in [0.2, 0.25) is 0 Å². The predicted molar refractivity (Wildman–Crippen MR) is 95.5 cm³/mol. The second kappa shape index (κ2) is 7.04. The summed E-state index contributed by atoms with van der Waals surface area (Å²) in [5.41, 5.74) is 1.47. The average molecular weight is 349 g/mol. The number of sulfonamides is 1. The Kier molecular flexibility index (Phi) is 5.03. The maximum Gasteiger partial charge on any atom is 0.252 e. The van der Waals surface area contributed by atoms with Gasteiger partial charge in [0.15, 0.2) is 0 Å². The highest BCUT2D eigenvalue weighted by Gasteiger charge is 2.26. The van der Waals surface area contributed by atoms with Gasteiger partial charge in [-0.2, -0.15) is 0 Å². The number of fused-ring (bicyclic) bond motifs is 1. The fourth-order valence-corrected chi connectivity index (χ4v) is 4.23. The van der Waals surface area contributed by atoms with Gasteiger partial charge in [0.25, 0.3) is 5.56 Å². The molecule has 24 heavy (non-hydrogen) atoms. The number of H-pyrrole nitrogens is 1. The van der Waals surface area contributed by atoms with Gasteiger partial charge in [0.1, 0.15) is 0 Å². The van der Waals surface area contributed by atoms with Crippen LogP contribution in [-0.2, 0) is 16.6 Å². The molecule has 0 amide bonds. The summed E-state index contributed by atoms with van der Waals surface area (Å²) in [6, 6.07) is 9.86. The lowest BCUT2D eigenvalue weighted by Crippen LogP contribution is -2.45. The molecule has 7 heteroatoms. The molecule has 2 N–H and O–H groups in total. The SMILES string of the molecule is CCS(=O)(=O)N1CCC(NCc2cc3ccccc3[nH]c2=O)CC1. The molecule has 6 nitrogen and oxygen atoms in total. The number of para-hydroxylation sites is 1. The summed E-state index contributed by atoms with van der Waals surface area (Å²) in [5.74, 6) is 0.150. The molecule has 0 unspecified atom stereocenters. The first-order chi connectivity index (χ1) is 11.5. The number of hydrogen-bond acceptors (Lipinski definition) is 4. The van der Waals surface area contributed by atoms with Gasteiger partial charge in [-0.3, -0.25) is 4.79 Å². The zero-order chi connectivity index (χ0) is 17.2. The van der Waals surface area contributed by atoms with Crippen molar-refractivity contribution in [3.8, 4) is 0 Å². The van der Waals surface area contributed by atoms with Crippen LogP contribution in [0.5, 0.6) is 0 Å². The molecule has 0 bridgehead atoms. The van der Waals surface area contributed by atoms with E-state index >= 15 is 0 Å². The largest absolute Gasteiger partial charge is 0.322 e. The van der Waals surface area contributed by atoms with Gasteiger partial charge in [0, 0.05) is 36.8 Å². The van der Waals surface area contributed by atoms with Crippen LogP contribution >= 0.6 is 0 Å². The highest BCUT2D eigenvalue weighted by Crippen LogP contribution is 2.15. The fraction of sp³-hybridized carbons (Fsp3) is 0.471. The third kappa shape index (κ3) is 3.68. The first-order valence-corrected chi connectivity index (χ1v) is 9.92. The molecule has 0 spiro atoms. The number of aromatic amines is 1. The Labute approximate surface area is 141 Å². The summed E-state index contributed by atoms with van der Waals surface area (Å²) in [7, 11) is -3.09. The summed E-state index contributed by atoms with van der Waals surface area (Å²) >= 11 is 0. The number of nitrogens with one attached hydrogen (secondary N) is 2. The van der Waals surface area contributed by atoms with Crippen LogP contribution in [0.15, 0.2) is 35.1 Å². The third-order valence-corrected chi connectivity index (χ3v) is 6.51. The minimum atomic E-state index is -3.09. The molecule has 1 aliphatic heterocycles. The van der Waals surface area contributed by atoms with Crippen LogP contribution in [0.4, 0.5) is 0 Å². The maximum atomic E-state index is 12.1. The number of pyridine rings is 1. The van der Waals surface area contributed by atoms with Gasteiger partial charge in [-0.15, -0.1) is 0 Å². The lowest BCUT2D eigenvalue weighted by molar-refractivity contribution is 0.289. The van der Waals surface area contributed by atoms with Crippen molar-refractivity contribution in [2.75, 3.05) is 18.8 Å². The first kappa shape index (κ1) is 17.1. The van der Waals surface area contributed by atoms with E-state index in [9.17, 15) is 13.2 Å². The van der Waals surface area contributed by atoms with Gasteiger partial charge in [-0.25, -0.2) is 12.7 Å². The molecule has 1 saturated heterocycles.